The number of likely N-dealkylation sites (N-methyl/N-ethyl adjacent to an activating group) is 1. The first kappa shape index (κ1) is 13.0. The van der Waals surface area contributed by atoms with Gasteiger partial charge < -0.3 is 10.6 Å². The van der Waals surface area contributed by atoms with Crippen LogP contribution < -0.4 is 10.6 Å². The van der Waals surface area contributed by atoms with Gasteiger partial charge in [-0.25, -0.2) is 0 Å². The van der Waals surface area contributed by atoms with Crippen LogP contribution >= 0.6 is 11.6 Å². The average molecular weight is 241 g/mol. The summed E-state index contributed by atoms with van der Waals surface area (Å²) in [5, 5.41) is 6.51. The second-order valence-electron chi connectivity index (χ2n) is 3.80. The molecule has 0 aliphatic rings. The Labute approximate surface area is 101 Å². The number of hydrogen-bond acceptors (Lipinski definition) is 2. The van der Waals surface area contributed by atoms with Gasteiger partial charge in [0.05, 0.1) is 6.04 Å². The van der Waals surface area contributed by atoms with Crippen molar-refractivity contribution in [2.24, 2.45) is 0 Å². The number of hydrogen-bond donors (Lipinski definition) is 2. The van der Waals surface area contributed by atoms with Gasteiger partial charge in [-0.2, -0.15) is 0 Å². The number of amides is 1. The molecule has 2 N–H and O–H groups in total. The van der Waals surface area contributed by atoms with E-state index >= 15 is 0 Å². The first-order chi connectivity index (χ1) is 7.54. The van der Waals surface area contributed by atoms with Gasteiger partial charge in [-0.1, -0.05) is 23.7 Å². The third kappa shape index (κ3) is 3.51. The molecule has 0 aliphatic heterocycles. The highest BCUT2D eigenvalue weighted by Crippen LogP contribution is 2.16. The Balaban J connectivity index is 2.55. The molecule has 88 valence electrons. The summed E-state index contributed by atoms with van der Waals surface area (Å²) in [5.74, 6) is -0.00862. The number of rotatable bonds is 4. The molecular weight excluding hydrogens is 224 g/mol. The summed E-state index contributed by atoms with van der Waals surface area (Å²) < 4.78 is 0. The highest BCUT2D eigenvalue weighted by atomic mass is 35.5. The molecule has 3 nitrogen and oxygen atoms in total. The molecule has 0 aromatic heterocycles. The van der Waals surface area contributed by atoms with E-state index in [0.29, 0.717) is 6.54 Å². The zero-order valence-electron chi connectivity index (χ0n) is 9.80. The van der Waals surface area contributed by atoms with Crippen molar-refractivity contribution in [3.05, 3.63) is 34.3 Å². The normalized spacial score (nSPS) is 12.2. The van der Waals surface area contributed by atoms with Crippen molar-refractivity contribution in [2.75, 3.05) is 7.05 Å². The van der Waals surface area contributed by atoms with E-state index in [-0.39, 0.29) is 11.9 Å². The average Bonchev–Trinajstić information content (AvgIpc) is 2.29. The molecule has 0 spiro atoms. The standard InChI is InChI=1S/C12H17ClN2O/c1-8-6-10(4-5-11(8)13)7-15-9(2)12(16)14-3/h4-6,9,15H,7H2,1-3H3,(H,14,16)/t9-/m1/s1. The Bertz CT molecular complexity index is 379. The molecule has 4 heteroatoms. The van der Waals surface area contributed by atoms with E-state index in [1.807, 2.05) is 32.0 Å². The smallest absolute Gasteiger partial charge is 0.236 e. The molecule has 0 radical (unpaired) electrons. The van der Waals surface area contributed by atoms with Gasteiger partial charge in [0, 0.05) is 18.6 Å². The van der Waals surface area contributed by atoms with Crippen LogP contribution in [0.4, 0.5) is 0 Å². The van der Waals surface area contributed by atoms with E-state index < -0.39 is 0 Å². The second-order valence-corrected chi connectivity index (χ2v) is 4.21. The van der Waals surface area contributed by atoms with Crippen molar-refractivity contribution in [2.45, 2.75) is 26.4 Å². The van der Waals surface area contributed by atoms with Gasteiger partial charge in [0.15, 0.2) is 0 Å². The second kappa shape index (κ2) is 5.87. The molecule has 0 heterocycles. The van der Waals surface area contributed by atoms with E-state index in [2.05, 4.69) is 10.6 Å². The largest absolute Gasteiger partial charge is 0.358 e. The highest BCUT2D eigenvalue weighted by molar-refractivity contribution is 6.31. The lowest BCUT2D eigenvalue weighted by molar-refractivity contribution is -0.122. The van der Waals surface area contributed by atoms with E-state index in [1.165, 1.54) is 0 Å². The van der Waals surface area contributed by atoms with E-state index in [4.69, 9.17) is 11.6 Å². The molecule has 0 saturated carbocycles. The Kier molecular flexibility index (Phi) is 4.77. The number of carbonyl (C=O) groups is 1. The van der Waals surface area contributed by atoms with Crippen LogP contribution in [0.5, 0.6) is 0 Å². The fourth-order valence-corrected chi connectivity index (χ4v) is 1.51. The third-order valence-corrected chi connectivity index (χ3v) is 2.90. The molecule has 16 heavy (non-hydrogen) atoms. The molecule has 1 atom stereocenters. The van der Waals surface area contributed by atoms with Crippen LogP contribution in [-0.4, -0.2) is 19.0 Å². The van der Waals surface area contributed by atoms with Crippen LogP contribution in [0.25, 0.3) is 0 Å². The number of nitrogens with one attached hydrogen (secondary N) is 2. The van der Waals surface area contributed by atoms with Crippen LogP contribution in [0, 0.1) is 6.92 Å². The van der Waals surface area contributed by atoms with Crippen molar-refractivity contribution >= 4 is 17.5 Å². The maximum absolute atomic E-state index is 11.3. The van der Waals surface area contributed by atoms with E-state index in [0.717, 1.165) is 16.1 Å². The summed E-state index contributed by atoms with van der Waals surface area (Å²) in [4.78, 5) is 11.3. The molecular formula is C12H17ClN2O. The minimum Gasteiger partial charge on any atom is -0.358 e. The number of halogens is 1. The first-order valence-electron chi connectivity index (χ1n) is 5.24. The Morgan fingerprint density at radius 1 is 1.50 bits per heavy atom. The summed E-state index contributed by atoms with van der Waals surface area (Å²) in [7, 11) is 1.63. The molecule has 1 aromatic carbocycles. The highest BCUT2D eigenvalue weighted by Gasteiger charge is 2.09. The van der Waals surface area contributed by atoms with Crippen molar-refractivity contribution in [1.29, 1.82) is 0 Å². The molecule has 0 bridgehead atoms. The number of aryl methyl sites for hydroxylation is 1. The van der Waals surface area contributed by atoms with Crippen LogP contribution in [0.2, 0.25) is 5.02 Å². The predicted molar refractivity (Wildman–Crippen MR) is 66.6 cm³/mol. The minimum atomic E-state index is -0.194. The maximum Gasteiger partial charge on any atom is 0.236 e. The lowest BCUT2D eigenvalue weighted by atomic mass is 10.1. The fraction of sp³-hybridized carbons (Fsp3) is 0.417. The maximum atomic E-state index is 11.3. The Morgan fingerprint density at radius 3 is 2.75 bits per heavy atom. The molecule has 1 rings (SSSR count). The molecule has 1 aromatic rings. The topological polar surface area (TPSA) is 41.1 Å². The Morgan fingerprint density at radius 2 is 2.19 bits per heavy atom. The summed E-state index contributed by atoms with van der Waals surface area (Å²) in [6.45, 7) is 4.46. The zero-order chi connectivity index (χ0) is 12.1. The van der Waals surface area contributed by atoms with Crippen LogP contribution in [0.3, 0.4) is 0 Å². The van der Waals surface area contributed by atoms with Crippen LogP contribution in [-0.2, 0) is 11.3 Å². The van der Waals surface area contributed by atoms with E-state index in [9.17, 15) is 4.79 Å². The quantitative estimate of drug-likeness (QED) is 0.844. The SMILES string of the molecule is CNC(=O)[C@@H](C)NCc1ccc(Cl)c(C)c1. The summed E-state index contributed by atoms with van der Waals surface area (Å²) >= 11 is 5.93. The molecule has 0 unspecified atom stereocenters. The number of benzene rings is 1. The van der Waals surface area contributed by atoms with Crippen LogP contribution in [0.1, 0.15) is 18.1 Å². The van der Waals surface area contributed by atoms with Gasteiger partial charge in [0.2, 0.25) is 5.91 Å². The van der Waals surface area contributed by atoms with Crippen molar-refractivity contribution in [3.63, 3.8) is 0 Å². The summed E-state index contributed by atoms with van der Waals surface area (Å²) in [6, 6.07) is 5.66. The number of carbonyl (C=O) groups excluding carboxylic acids is 1. The molecule has 0 aliphatic carbocycles. The Hall–Kier alpha value is -1.06. The lowest BCUT2D eigenvalue weighted by Gasteiger charge is -2.12. The molecule has 0 fully saturated rings. The lowest BCUT2D eigenvalue weighted by Crippen LogP contribution is -2.40. The zero-order valence-corrected chi connectivity index (χ0v) is 10.6. The van der Waals surface area contributed by atoms with Crippen molar-refractivity contribution in [1.82, 2.24) is 10.6 Å². The van der Waals surface area contributed by atoms with E-state index in [1.54, 1.807) is 7.05 Å². The van der Waals surface area contributed by atoms with Crippen LogP contribution in [0.15, 0.2) is 18.2 Å². The van der Waals surface area contributed by atoms with Gasteiger partial charge in [0.25, 0.3) is 0 Å². The van der Waals surface area contributed by atoms with Crippen molar-refractivity contribution < 1.29 is 4.79 Å². The molecule has 0 saturated heterocycles. The van der Waals surface area contributed by atoms with Crippen molar-refractivity contribution in [3.8, 4) is 0 Å². The fourth-order valence-electron chi connectivity index (χ4n) is 1.40. The summed E-state index contributed by atoms with van der Waals surface area (Å²) in [5.41, 5.74) is 2.17. The first-order valence-corrected chi connectivity index (χ1v) is 5.62. The van der Waals surface area contributed by atoms with Gasteiger partial charge in [-0.05, 0) is 31.0 Å². The molecule has 1 amide bonds. The van der Waals surface area contributed by atoms with Gasteiger partial charge in [-0.15, -0.1) is 0 Å². The van der Waals surface area contributed by atoms with Gasteiger partial charge in [-0.3, -0.25) is 4.79 Å². The minimum absolute atomic E-state index is 0.00862. The summed E-state index contributed by atoms with van der Waals surface area (Å²) in [6.07, 6.45) is 0. The van der Waals surface area contributed by atoms with Gasteiger partial charge in [0.1, 0.15) is 0 Å². The predicted octanol–water partition coefficient (Wildman–Crippen LogP) is 1.87. The van der Waals surface area contributed by atoms with Gasteiger partial charge >= 0.3 is 0 Å². The monoisotopic (exact) mass is 240 g/mol. The third-order valence-electron chi connectivity index (χ3n) is 2.47.